The van der Waals surface area contributed by atoms with Gasteiger partial charge in [-0.3, -0.25) is 28.8 Å². The Morgan fingerprint density at radius 2 is 1.77 bits per heavy atom. The topological polar surface area (TPSA) is 140 Å². The molecule has 11 nitrogen and oxygen atoms in total. The van der Waals surface area contributed by atoms with Gasteiger partial charge >= 0.3 is 5.69 Å². The van der Waals surface area contributed by atoms with Crippen molar-refractivity contribution in [2.75, 3.05) is 13.7 Å². The van der Waals surface area contributed by atoms with Gasteiger partial charge in [0.2, 0.25) is 0 Å². The zero-order valence-electron chi connectivity index (χ0n) is 16.1. The molecule has 158 valence electrons. The van der Waals surface area contributed by atoms with Crippen LogP contribution in [-0.2, 0) is 14.3 Å². The highest BCUT2D eigenvalue weighted by Gasteiger charge is 2.47. The number of aryl methyl sites for hydroxylation is 1. The molecule has 2 N–H and O–H groups in total. The van der Waals surface area contributed by atoms with Crippen LogP contribution in [0.4, 0.5) is 0 Å². The first kappa shape index (κ1) is 20.2. The number of carbonyl (C=O) groups excluding carboxylic acids is 2. The first-order valence-corrected chi connectivity index (χ1v) is 9.12. The average molecular weight is 417 g/mol. The molecule has 1 aromatic heterocycles. The Morgan fingerprint density at radius 3 is 2.37 bits per heavy atom. The number of hydroxylamine groups is 2. The zero-order chi connectivity index (χ0) is 21.6. The maximum Gasteiger partial charge on any atom is 0.330 e. The molecule has 0 unspecified atom stereocenters. The Morgan fingerprint density at radius 1 is 1.13 bits per heavy atom. The summed E-state index contributed by atoms with van der Waals surface area (Å²) in [6.07, 6.45) is -2.94. The fourth-order valence-electron chi connectivity index (χ4n) is 3.54. The number of hydrogen-bond donors (Lipinski definition) is 2. The van der Waals surface area contributed by atoms with E-state index in [0.29, 0.717) is 5.06 Å². The minimum absolute atomic E-state index is 0.221. The van der Waals surface area contributed by atoms with Crippen molar-refractivity contribution < 1.29 is 29.0 Å². The monoisotopic (exact) mass is 417 g/mol. The lowest BCUT2D eigenvalue weighted by Crippen LogP contribution is -2.40. The number of rotatable bonds is 5. The molecule has 4 atom stereocenters. The van der Waals surface area contributed by atoms with Gasteiger partial charge in [0.1, 0.15) is 24.9 Å². The molecule has 2 amide bonds. The SMILES string of the molecule is CO[C@@H]1[C@H](O)[C@@H](CON2C(=O)c3ccccc3C2=O)O[C@H]1n1cc(C)c(=O)[nH]c1=O. The molecule has 30 heavy (non-hydrogen) atoms. The van der Waals surface area contributed by atoms with Crippen LogP contribution in [0.15, 0.2) is 40.1 Å². The maximum atomic E-state index is 12.4. The minimum Gasteiger partial charge on any atom is -0.387 e. The molecule has 0 spiro atoms. The normalized spacial score (nSPS) is 25.8. The second-order valence-corrected chi connectivity index (χ2v) is 6.98. The van der Waals surface area contributed by atoms with Crippen molar-refractivity contribution >= 4 is 11.8 Å². The molecule has 11 heteroatoms. The van der Waals surface area contributed by atoms with E-state index in [0.717, 1.165) is 4.57 Å². The Kier molecular flexibility index (Phi) is 5.12. The summed E-state index contributed by atoms with van der Waals surface area (Å²) in [6.45, 7) is 1.17. The number of nitrogens with zero attached hydrogens (tertiary/aromatic N) is 2. The first-order valence-electron chi connectivity index (χ1n) is 9.12. The van der Waals surface area contributed by atoms with Crippen LogP contribution < -0.4 is 11.2 Å². The molecular formula is C19H19N3O8. The summed E-state index contributed by atoms with van der Waals surface area (Å²) >= 11 is 0. The fraction of sp³-hybridized carbons (Fsp3) is 0.368. The molecule has 2 aliphatic heterocycles. The number of hydrogen-bond acceptors (Lipinski definition) is 8. The number of benzene rings is 1. The van der Waals surface area contributed by atoms with Gasteiger partial charge in [0.25, 0.3) is 17.4 Å². The molecule has 1 fully saturated rings. The smallest absolute Gasteiger partial charge is 0.330 e. The summed E-state index contributed by atoms with van der Waals surface area (Å²) in [5.41, 5.74) is -0.550. The number of fused-ring (bicyclic) bond motifs is 1. The third kappa shape index (κ3) is 3.17. The molecule has 3 heterocycles. The molecule has 2 aliphatic rings. The predicted molar refractivity (Wildman–Crippen MR) is 99.7 cm³/mol. The van der Waals surface area contributed by atoms with Crippen LogP contribution in [0.25, 0.3) is 0 Å². The molecule has 1 aromatic carbocycles. The summed E-state index contributed by atoms with van der Waals surface area (Å²) in [6, 6.07) is 6.30. The molecule has 0 aliphatic carbocycles. The minimum atomic E-state index is -1.23. The van der Waals surface area contributed by atoms with Gasteiger partial charge in [-0.2, -0.15) is 0 Å². The van der Waals surface area contributed by atoms with Crippen molar-refractivity contribution in [1.82, 2.24) is 14.6 Å². The van der Waals surface area contributed by atoms with Gasteiger partial charge in [0.05, 0.1) is 11.1 Å². The van der Waals surface area contributed by atoms with Gasteiger partial charge in [-0.25, -0.2) is 4.79 Å². The summed E-state index contributed by atoms with van der Waals surface area (Å²) in [7, 11) is 1.33. The highest BCUT2D eigenvalue weighted by Crippen LogP contribution is 2.31. The number of aliphatic hydroxyl groups is 1. The number of aliphatic hydroxyl groups excluding tert-OH is 1. The number of aromatic nitrogens is 2. The van der Waals surface area contributed by atoms with E-state index in [4.69, 9.17) is 14.3 Å². The van der Waals surface area contributed by atoms with Crippen LogP contribution in [0, 0.1) is 6.92 Å². The number of aromatic amines is 1. The van der Waals surface area contributed by atoms with Crippen molar-refractivity contribution in [3.63, 3.8) is 0 Å². The molecule has 0 saturated carbocycles. The lowest BCUT2D eigenvalue weighted by Gasteiger charge is -2.20. The predicted octanol–water partition coefficient (Wildman–Crippen LogP) is -0.654. The summed E-state index contributed by atoms with van der Waals surface area (Å²) in [5.74, 6) is -1.23. The molecule has 1 saturated heterocycles. The lowest BCUT2D eigenvalue weighted by molar-refractivity contribution is -0.141. The van der Waals surface area contributed by atoms with Gasteiger partial charge in [-0.1, -0.05) is 12.1 Å². The number of amides is 2. The largest absolute Gasteiger partial charge is 0.387 e. The summed E-state index contributed by atoms with van der Waals surface area (Å²) in [4.78, 5) is 56.1. The van der Waals surface area contributed by atoms with E-state index in [1.807, 2.05) is 0 Å². The third-order valence-electron chi connectivity index (χ3n) is 5.13. The van der Waals surface area contributed by atoms with Crippen molar-refractivity contribution in [1.29, 1.82) is 0 Å². The van der Waals surface area contributed by atoms with Crippen LogP contribution in [0.2, 0.25) is 0 Å². The Labute approximate surface area is 169 Å². The average Bonchev–Trinajstić information content (AvgIpc) is 3.17. The highest BCUT2D eigenvalue weighted by molar-refractivity contribution is 6.20. The van der Waals surface area contributed by atoms with E-state index in [1.165, 1.54) is 32.4 Å². The fourth-order valence-corrected chi connectivity index (χ4v) is 3.54. The Bertz CT molecular complexity index is 1090. The second kappa shape index (κ2) is 7.61. The quantitative estimate of drug-likeness (QED) is 0.612. The molecule has 2 aromatic rings. The van der Waals surface area contributed by atoms with E-state index in [9.17, 15) is 24.3 Å². The molecule has 4 rings (SSSR count). The van der Waals surface area contributed by atoms with Gasteiger partial charge < -0.3 is 14.6 Å². The van der Waals surface area contributed by atoms with E-state index in [-0.39, 0.29) is 23.3 Å². The summed E-state index contributed by atoms with van der Waals surface area (Å²) < 4.78 is 12.1. The number of carbonyl (C=O) groups is 2. The zero-order valence-corrected chi connectivity index (χ0v) is 16.1. The summed E-state index contributed by atoms with van der Waals surface area (Å²) in [5, 5.41) is 11.2. The third-order valence-corrected chi connectivity index (χ3v) is 5.13. The van der Waals surface area contributed by atoms with Crippen LogP contribution in [0.1, 0.15) is 32.5 Å². The van der Waals surface area contributed by atoms with Crippen molar-refractivity contribution in [3.05, 3.63) is 68.0 Å². The number of H-pyrrole nitrogens is 1. The number of methoxy groups -OCH3 is 1. The first-order chi connectivity index (χ1) is 14.3. The van der Waals surface area contributed by atoms with E-state index in [1.54, 1.807) is 12.1 Å². The van der Waals surface area contributed by atoms with E-state index in [2.05, 4.69) is 4.98 Å². The second-order valence-electron chi connectivity index (χ2n) is 6.98. The van der Waals surface area contributed by atoms with Gasteiger partial charge in [-0.05, 0) is 19.1 Å². The van der Waals surface area contributed by atoms with Gasteiger partial charge in [0, 0.05) is 18.9 Å². The van der Waals surface area contributed by atoms with Gasteiger partial charge in [0.15, 0.2) is 6.23 Å². The molecular weight excluding hydrogens is 398 g/mol. The van der Waals surface area contributed by atoms with Crippen LogP contribution in [-0.4, -0.2) is 63.6 Å². The Hall–Kier alpha value is -3.12. The van der Waals surface area contributed by atoms with Gasteiger partial charge in [-0.15, -0.1) is 5.06 Å². The standard InChI is InChI=1S/C19H19N3O8/c1-9-7-21(19(27)20-15(9)24)18-14(28-2)13(23)12(30-18)8-29-22-16(25)10-5-3-4-6-11(10)17(22)26/h3-7,12-14,18,23H,8H2,1-2H3,(H,20,24,27)/t12-,13-,14-,18-/m1/s1. The number of imide groups is 1. The van der Waals surface area contributed by atoms with Crippen molar-refractivity contribution in [2.45, 2.75) is 31.5 Å². The van der Waals surface area contributed by atoms with E-state index >= 15 is 0 Å². The molecule has 0 radical (unpaired) electrons. The van der Waals surface area contributed by atoms with Crippen molar-refractivity contribution in [3.8, 4) is 0 Å². The van der Waals surface area contributed by atoms with Crippen LogP contribution in [0.5, 0.6) is 0 Å². The number of nitrogens with one attached hydrogen (secondary N) is 1. The maximum absolute atomic E-state index is 12.4. The number of ether oxygens (including phenoxy) is 2. The van der Waals surface area contributed by atoms with Crippen molar-refractivity contribution in [2.24, 2.45) is 0 Å². The van der Waals surface area contributed by atoms with Crippen LogP contribution in [0.3, 0.4) is 0 Å². The van der Waals surface area contributed by atoms with Crippen LogP contribution >= 0.6 is 0 Å². The van der Waals surface area contributed by atoms with E-state index < -0.39 is 47.6 Å². The Balaban J connectivity index is 1.52. The lowest BCUT2D eigenvalue weighted by atomic mass is 10.1. The molecule has 0 bridgehead atoms. The highest BCUT2D eigenvalue weighted by atomic mass is 16.7.